The molecule has 1 aromatic carbocycles. The molecule has 100 valence electrons. The van der Waals surface area contributed by atoms with Crippen molar-refractivity contribution in [3.8, 4) is 10.9 Å². The molecule has 0 atom stereocenters. The number of methoxy groups -OCH3 is 1. The van der Waals surface area contributed by atoms with Gasteiger partial charge in [-0.3, -0.25) is 0 Å². The number of carbonyl (C=O) groups is 1. The minimum absolute atomic E-state index is 0.305. The molecule has 0 fully saturated rings. The van der Waals surface area contributed by atoms with Crippen LogP contribution in [-0.4, -0.2) is 18.2 Å². The summed E-state index contributed by atoms with van der Waals surface area (Å²) in [4.78, 5) is 15.4. The third-order valence-corrected chi connectivity index (χ3v) is 3.59. The van der Waals surface area contributed by atoms with Crippen molar-refractivity contribution in [1.82, 2.24) is 10.3 Å². The minimum Gasteiger partial charge on any atom is -0.497 e. The van der Waals surface area contributed by atoms with Gasteiger partial charge in [0.1, 0.15) is 5.75 Å². The number of ether oxygens (including phenoxy) is 2. The van der Waals surface area contributed by atoms with Crippen molar-refractivity contribution in [2.24, 2.45) is 0 Å². The molecule has 5 nitrogen and oxygen atoms in total. The number of halogens is 1. The standard InChI is InChI=1S/C12H11BrN2O3S/c1-17-9-4-2-8(3-5-9)6-14-11(16)18-12-15-7-10(13)19-12/h2-5,7H,6H2,1H3,(H,14,16). The van der Waals surface area contributed by atoms with Gasteiger partial charge in [-0.25, -0.2) is 9.78 Å². The molecule has 0 unspecified atom stereocenters. The first-order valence-corrected chi connectivity index (χ1v) is 6.98. The Morgan fingerprint density at radius 1 is 1.42 bits per heavy atom. The average Bonchev–Trinajstić information content (AvgIpc) is 2.82. The van der Waals surface area contributed by atoms with Crippen molar-refractivity contribution in [2.75, 3.05) is 7.11 Å². The molecule has 0 aliphatic carbocycles. The Bertz CT molecular complexity index is 556. The van der Waals surface area contributed by atoms with E-state index in [4.69, 9.17) is 9.47 Å². The van der Waals surface area contributed by atoms with Crippen LogP contribution in [-0.2, 0) is 6.54 Å². The summed E-state index contributed by atoms with van der Waals surface area (Å²) in [7, 11) is 1.61. The predicted octanol–water partition coefficient (Wildman–Crippen LogP) is 3.20. The van der Waals surface area contributed by atoms with Gasteiger partial charge in [-0.1, -0.05) is 23.5 Å². The molecule has 7 heteroatoms. The topological polar surface area (TPSA) is 60.5 Å². The van der Waals surface area contributed by atoms with E-state index in [-0.39, 0.29) is 0 Å². The van der Waals surface area contributed by atoms with Crippen LogP contribution in [0.25, 0.3) is 0 Å². The number of carbonyl (C=O) groups excluding carboxylic acids is 1. The Labute approximate surface area is 122 Å². The highest BCUT2D eigenvalue weighted by Gasteiger charge is 2.07. The lowest BCUT2D eigenvalue weighted by Crippen LogP contribution is -2.26. The summed E-state index contributed by atoms with van der Waals surface area (Å²) in [6.07, 6.45) is 1.05. The quantitative estimate of drug-likeness (QED) is 0.926. The van der Waals surface area contributed by atoms with E-state index in [9.17, 15) is 4.79 Å². The molecule has 0 aliphatic rings. The van der Waals surface area contributed by atoms with Crippen LogP contribution in [0.4, 0.5) is 4.79 Å². The molecule has 2 aromatic rings. The molecule has 0 aliphatic heterocycles. The van der Waals surface area contributed by atoms with Crippen molar-refractivity contribution in [2.45, 2.75) is 6.54 Å². The molecule has 0 saturated heterocycles. The van der Waals surface area contributed by atoms with E-state index in [2.05, 4.69) is 26.2 Å². The van der Waals surface area contributed by atoms with Crippen LogP contribution in [0.3, 0.4) is 0 Å². The molecule has 0 bridgehead atoms. The summed E-state index contributed by atoms with van der Waals surface area (Å²) in [5, 5.41) is 2.95. The first kappa shape index (κ1) is 13.8. The van der Waals surface area contributed by atoms with Gasteiger partial charge < -0.3 is 14.8 Å². The summed E-state index contributed by atoms with van der Waals surface area (Å²) in [6.45, 7) is 0.384. The maximum absolute atomic E-state index is 11.5. The Balaban J connectivity index is 1.82. The Morgan fingerprint density at radius 2 is 2.16 bits per heavy atom. The molecule has 0 radical (unpaired) electrons. The second kappa shape index (κ2) is 6.53. The molecule has 1 amide bonds. The van der Waals surface area contributed by atoms with E-state index in [1.165, 1.54) is 11.3 Å². The molecule has 19 heavy (non-hydrogen) atoms. The van der Waals surface area contributed by atoms with E-state index in [0.717, 1.165) is 15.1 Å². The number of hydrogen-bond acceptors (Lipinski definition) is 5. The first-order chi connectivity index (χ1) is 9.17. The van der Waals surface area contributed by atoms with E-state index in [1.54, 1.807) is 13.3 Å². The van der Waals surface area contributed by atoms with Crippen LogP contribution in [0.5, 0.6) is 10.9 Å². The predicted molar refractivity (Wildman–Crippen MR) is 75.7 cm³/mol. The van der Waals surface area contributed by atoms with Gasteiger partial charge in [-0.2, -0.15) is 0 Å². The zero-order valence-corrected chi connectivity index (χ0v) is 12.5. The summed E-state index contributed by atoms with van der Waals surface area (Å²) in [6, 6.07) is 7.42. The number of aromatic nitrogens is 1. The molecule has 0 saturated carbocycles. The molecule has 0 spiro atoms. The van der Waals surface area contributed by atoms with E-state index < -0.39 is 6.09 Å². The fraction of sp³-hybridized carbons (Fsp3) is 0.167. The molecule has 1 aromatic heterocycles. The van der Waals surface area contributed by atoms with Gasteiger partial charge in [-0.05, 0) is 33.6 Å². The zero-order valence-electron chi connectivity index (χ0n) is 10.1. The number of nitrogens with zero attached hydrogens (tertiary/aromatic N) is 1. The molecular formula is C12H11BrN2O3S. The summed E-state index contributed by atoms with van der Waals surface area (Å²) in [5.74, 6) is 0.777. The van der Waals surface area contributed by atoms with Crippen LogP contribution in [0.15, 0.2) is 34.2 Å². The van der Waals surface area contributed by atoms with E-state index in [0.29, 0.717) is 11.7 Å². The second-order valence-electron chi connectivity index (χ2n) is 3.52. The normalized spacial score (nSPS) is 10.0. The zero-order chi connectivity index (χ0) is 13.7. The Hall–Kier alpha value is -1.60. The van der Waals surface area contributed by atoms with Crippen molar-refractivity contribution in [1.29, 1.82) is 0 Å². The SMILES string of the molecule is COc1ccc(CNC(=O)Oc2ncc(Br)s2)cc1. The summed E-state index contributed by atoms with van der Waals surface area (Å²) >= 11 is 4.49. The Kier molecular flexibility index (Phi) is 4.75. The highest BCUT2D eigenvalue weighted by molar-refractivity contribution is 9.11. The summed E-state index contributed by atoms with van der Waals surface area (Å²) < 4.78 is 10.9. The third kappa shape index (κ3) is 4.22. The first-order valence-electron chi connectivity index (χ1n) is 5.37. The maximum Gasteiger partial charge on any atom is 0.414 e. The van der Waals surface area contributed by atoms with Crippen LogP contribution < -0.4 is 14.8 Å². The van der Waals surface area contributed by atoms with Gasteiger partial charge >= 0.3 is 6.09 Å². The lowest BCUT2D eigenvalue weighted by molar-refractivity contribution is 0.200. The van der Waals surface area contributed by atoms with Gasteiger partial charge in [0.05, 0.1) is 17.1 Å². The molecule has 1 heterocycles. The smallest absolute Gasteiger partial charge is 0.414 e. The van der Waals surface area contributed by atoms with Crippen LogP contribution in [0.1, 0.15) is 5.56 Å². The van der Waals surface area contributed by atoms with Gasteiger partial charge in [0, 0.05) is 6.54 Å². The second-order valence-corrected chi connectivity index (χ2v) is 5.89. The van der Waals surface area contributed by atoms with Gasteiger partial charge in [0.15, 0.2) is 0 Å². The van der Waals surface area contributed by atoms with Gasteiger partial charge in [0.25, 0.3) is 5.19 Å². The van der Waals surface area contributed by atoms with Crippen molar-refractivity contribution >= 4 is 33.4 Å². The molecule has 2 rings (SSSR count). The average molecular weight is 343 g/mol. The minimum atomic E-state index is -0.530. The molecular weight excluding hydrogens is 332 g/mol. The van der Waals surface area contributed by atoms with Crippen molar-refractivity contribution < 1.29 is 14.3 Å². The number of hydrogen-bond donors (Lipinski definition) is 1. The third-order valence-electron chi connectivity index (χ3n) is 2.23. The number of rotatable bonds is 4. The number of nitrogens with one attached hydrogen (secondary N) is 1. The number of thiazole rings is 1. The van der Waals surface area contributed by atoms with Crippen molar-refractivity contribution in [3.63, 3.8) is 0 Å². The molecule has 1 N–H and O–H groups in total. The fourth-order valence-electron chi connectivity index (χ4n) is 1.32. The fourth-order valence-corrected chi connectivity index (χ4v) is 2.33. The van der Waals surface area contributed by atoms with E-state index >= 15 is 0 Å². The summed E-state index contributed by atoms with van der Waals surface area (Å²) in [5.41, 5.74) is 0.957. The Morgan fingerprint density at radius 3 is 2.74 bits per heavy atom. The lowest BCUT2D eigenvalue weighted by atomic mass is 10.2. The van der Waals surface area contributed by atoms with Crippen LogP contribution in [0.2, 0.25) is 0 Å². The largest absolute Gasteiger partial charge is 0.497 e. The lowest BCUT2D eigenvalue weighted by Gasteiger charge is -2.05. The van der Waals surface area contributed by atoms with Gasteiger partial charge in [-0.15, -0.1) is 0 Å². The number of amides is 1. The highest BCUT2D eigenvalue weighted by atomic mass is 79.9. The van der Waals surface area contributed by atoms with Gasteiger partial charge in [0.2, 0.25) is 0 Å². The monoisotopic (exact) mass is 342 g/mol. The number of benzene rings is 1. The van der Waals surface area contributed by atoms with Crippen LogP contribution >= 0.6 is 27.3 Å². The van der Waals surface area contributed by atoms with Crippen molar-refractivity contribution in [3.05, 3.63) is 39.8 Å². The van der Waals surface area contributed by atoms with Crippen LogP contribution in [0, 0.1) is 0 Å². The van der Waals surface area contributed by atoms with E-state index in [1.807, 2.05) is 24.3 Å². The maximum atomic E-state index is 11.5. The highest BCUT2D eigenvalue weighted by Crippen LogP contribution is 2.25.